The van der Waals surface area contributed by atoms with E-state index in [1.807, 2.05) is 24.3 Å². The standard InChI is InChI=1S/C26H25F6N3/c1-4-6-7-22(18-10-8-17(5-2)9-11-18)23-15-33-24(34-16(23)3)35-21-13-19(25(27,28)29)12-20(14-21)26(30,31)32/h7-15H,4-6H2,1-3H3,(H,33,34,35)/b22-7-. The van der Waals surface area contributed by atoms with E-state index >= 15 is 0 Å². The molecule has 0 spiro atoms. The molecule has 2 aromatic carbocycles. The zero-order valence-electron chi connectivity index (χ0n) is 19.5. The molecule has 3 nitrogen and oxygen atoms in total. The summed E-state index contributed by atoms with van der Waals surface area (Å²) in [4.78, 5) is 8.50. The highest BCUT2D eigenvalue weighted by atomic mass is 19.4. The average molecular weight is 493 g/mol. The van der Waals surface area contributed by atoms with Crippen LogP contribution in [-0.4, -0.2) is 9.97 Å². The van der Waals surface area contributed by atoms with Gasteiger partial charge in [-0.2, -0.15) is 26.3 Å². The fourth-order valence-electron chi connectivity index (χ4n) is 3.54. The number of aryl methyl sites for hydroxylation is 2. The third kappa shape index (κ3) is 6.61. The summed E-state index contributed by atoms with van der Waals surface area (Å²) in [6, 6.07) is 9.36. The molecule has 1 aromatic heterocycles. The molecule has 186 valence electrons. The molecule has 0 amide bonds. The summed E-state index contributed by atoms with van der Waals surface area (Å²) < 4.78 is 79.0. The summed E-state index contributed by atoms with van der Waals surface area (Å²) in [5, 5.41) is 2.49. The Bertz CT molecular complexity index is 1160. The topological polar surface area (TPSA) is 37.8 Å². The number of benzene rings is 2. The molecule has 3 aromatic rings. The van der Waals surface area contributed by atoms with Crippen LogP contribution in [0.3, 0.4) is 0 Å². The minimum atomic E-state index is -4.94. The van der Waals surface area contributed by atoms with Gasteiger partial charge < -0.3 is 5.32 Å². The normalized spacial score (nSPS) is 12.7. The number of hydrogen-bond donors (Lipinski definition) is 1. The van der Waals surface area contributed by atoms with E-state index in [4.69, 9.17) is 0 Å². The second kappa shape index (κ2) is 10.5. The number of aromatic nitrogens is 2. The number of hydrogen-bond acceptors (Lipinski definition) is 3. The van der Waals surface area contributed by atoms with Crippen molar-refractivity contribution in [1.82, 2.24) is 9.97 Å². The third-order valence-electron chi connectivity index (χ3n) is 5.42. The summed E-state index contributed by atoms with van der Waals surface area (Å²) in [5.41, 5.74) is 1.10. The Morgan fingerprint density at radius 2 is 1.51 bits per heavy atom. The van der Waals surface area contributed by atoms with Gasteiger partial charge in [0.05, 0.1) is 16.8 Å². The molecule has 9 heteroatoms. The molecule has 0 aliphatic rings. The fourth-order valence-corrected chi connectivity index (χ4v) is 3.54. The number of halogens is 6. The summed E-state index contributed by atoms with van der Waals surface area (Å²) in [7, 11) is 0. The van der Waals surface area contributed by atoms with Gasteiger partial charge in [0.25, 0.3) is 0 Å². The van der Waals surface area contributed by atoms with E-state index in [9.17, 15) is 26.3 Å². The van der Waals surface area contributed by atoms with Gasteiger partial charge >= 0.3 is 12.4 Å². The first-order valence-corrected chi connectivity index (χ1v) is 11.1. The molecule has 0 saturated heterocycles. The minimum absolute atomic E-state index is 0.0784. The number of anilines is 2. The highest BCUT2D eigenvalue weighted by Crippen LogP contribution is 2.38. The van der Waals surface area contributed by atoms with Gasteiger partial charge in [-0.1, -0.05) is 50.6 Å². The molecule has 0 aliphatic carbocycles. The van der Waals surface area contributed by atoms with Crippen LogP contribution >= 0.6 is 0 Å². The van der Waals surface area contributed by atoms with Crippen LogP contribution in [0.1, 0.15) is 60.2 Å². The molecule has 0 fully saturated rings. The van der Waals surface area contributed by atoms with Crippen LogP contribution in [0.25, 0.3) is 5.57 Å². The van der Waals surface area contributed by atoms with Crippen LogP contribution in [0.4, 0.5) is 38.0 Å². The first-order chi connectivity index (χ1) is 16.4. The molecule has 1 heterocycles. The summed E-state index contributed by atoms with van der Waals surface area (Å²) in [6.07, 6.45) is -3.64. The Kier molecular flexibility index (Phi) is 7.87. The fraction of sp³-hybridized carbons (Fsp3) is 0.308. The molecule has 0 unspecified atom stereocenters. The predicted molar refractivity (Wildman–Crippen MR) is 124 cm³/mol. The Morgan fingerprint density at radius 1 is 0.914 bits per heavy atom. The van der Waals surface area contributed by atoms with Gasteiger partial charge in [0.2, 0.25) is 5.95 Å². The van der Waals surface area contributed by atoms with E-state index < -0.39 is 29.2 Å². The Hall–Kier alpha value is -3.36. The van der Waals surface area contributed by atoms with E-state index in [0.29, 0.717) is 17.8 Å². The van der Waals surface area contributed by atoms with E-state index in [1.54, 1.807) is 6.92 Å². The summed E-state index contributed by atoms with van der Waals surface area (Å²) >= 11 is 0. The van der Waals surface area contributed by atoms with Gasteiger partial charge in [-0.25, -0.2) is 9.97 Å². The molecular formula is C26H25F6N3. The van der Waals surface area contributed by atoms with Crippen molar-refractivity contribution in [3.05, 3.63) is 88.2 Å². The van der Waals surface area contributed by atoms with Crippen molar-refractivity contribution in [3.63, 3.8) is 0 Å². The van der Waals surface area contributed by atoms with Crippen LogP contribution in [0, 0.1) is 6.92 Å². The third-order valence-corrected chi connectivity index (χ3v) is 5.42. The number of alkyl halides is 6. The number of rotatable bonds is 7. The van der Waals surface area contributed by atoms with Gasteiger partial charge in [-0.15, -0.1) is 0 Å². The van der Waals surface area contributed by atoms with Crippen molar-refractivity contribution in [1.29, 1.82) is 0 Å². The molecule has 0 atom stereocenters. The highest BCUT2D eigenvalue weighted by Gasteiger charge is 2.37. The lowest BCUT2D eigenvalue weighted by Crippen LogP contribution is -2.12. The van der Waals surface area contributed by atoms with Crippen molar-refractivity contribution in [2.75, 3.05) is 5.32 Å². The average Bonchev–Trinajstić information content (AvgIpc) is 2.79. The maximum atomic E-state index is 13.2. The summed E-state index contributed by atoms with van der Waals surface area (Å²) in [5.74, 6) is -0.102. The largest absolute Gasteiger partial charge is 0.416 e. The van der Waals surface area contributed by atoms with Gasteiger partial charge in [0, 0.05) is 17.4 Å². The second-order valence-electron chi connectivity index (χ2n) is 8.07. The van der Waals surface area contributed by atoms with Crippen LogP contribution in [-0.2, 0) is 18.8 Å². The predicted octanol–water partition coefficient (Wildman–Crippen LogP) is 8.36. The van der Waals surface area contributed by atoms with E-state index in [0.717, 1.165) is 36.0 Å². The lowest BCUT2D eigenvalue weighted by atomic mass is 9.95. The van der Waals surface area contributed by atoms with Crippen LogP contribution in [0.2, 0.25) is 0 Å². The van der Waals surface area contributed by atoms with E-state index in [2.05, 4.69) is 35.2 Å². The molecule has 0 saturated carbocycles. The van der Waals surface area contributed by atoms with Gasteiger partial charge in [0.1, 0.15) is 0 Å². The molecule has 3 rings (SSSR count). The maximum Gasteiger partial charge on any atom is 0.416 e. The van der Waals surface area contributed by atoms with Crippen molar-refractivity contribution < 1.29 is 26.3 Å². The lowest BCUT2D eigenvalue weighted by Gasteiger charge is -2.16. The van der Waals surface area contributed by atoms with Crippen LogP contribution < -0.4 is 5.32 Å². The van der Waals surface area contributed by atoms with Gasteiger partial charge in [-0.05, 0) is 54.7 Å². The minimum Gasteiger partial charge on any atom is -0.324 e. The zero-order chi connectivity index (χ0) is 25.8. The smallest absolute Gasteiger partial charge is 0.324 e. The Labute approximate surface area is 199 Å². The quantitative estimate of drug-likeness (QED) is 0.336. The van der Waals surface area contributed by atoms with E-state index in [1.165, 1.54) is 11.8 Å². The van der Waals surface area contributed by atoms with Gasteiger partial charge in [0.15, 0.2) is 0 Å². The number of nitrogens with one attached hydrogen (secondary N) is 1. The number of unbranched alkanes of at least 4 members (excludes halogenated alkanes) is 1. The molecule has 0 radical (unpaired) electrons. The highest BCUT2D eigenvalue weighted by molar-refractivity contribution is 5.80. The van der Waals surface area contributed by atoms with E-state index in [-0.39, 0.29) is 12.0 Å². The second-order valence-corrected chi connectivity index (χ2v) is 8.07. The van der Waals surface area contributed by atoms with Crippen molar-refractivity contribution in [2.24, 2.45) is 0 Å². The Morgan fingerprint density at radius 3 is 2.00 bits per heavy atom. The maximum absolute atomic E-state index is 13.2. The van der Waals surface area contributed by atoms with Crippen molar-refractivity contribution in [3.8, 4) is 0 Å². The van der Waals surface area contributed by atoms with Crippen molar-refractivity contribution in [2.45, 2.75) is 52.4 Å². The van der Waals surface area contributed by atoms with Crippen LogP contribution in [0.5, 0.6) is 0 Å². The summed E-state index contributed by atoms with van der Waals surface area (Å²) in [6.45, 7) is 5.83. The number of nitrogens with zero attached hydrogens (tertiary/aromatic N) is 2. The molecule has 0 aliphatic heterocycles. The Balaban J connectivity index is 1.97. The first-order valence-electron chi connectivity index (χ1n) is 11.1. The van der Waals surface area contributed by atoms with Crippen LogP contribution in [0.15, 0.2) is 54.7 Å². The number of allylic oxidation sites excluding steroid dienone is 1. The van der Waals surface area contributed by atoms with Crippen molar-refractivity contribution >= 4 is 17.2 Å². The molecule has 1 N–H and O–H groups in total. The lowest BCUT2D eigenvalue weighted by molar-refractivity contribution is -0.143. The zero-order valence-corrected chi connectivity index (χ0v) is 19.5. The SMILES string of the molecule is CCC/C=C(/c1ccc(CC)cc1)c1cnc(Nc2cc(C(F)(F)F)cc(C(F)(F)F)c2)nc1C. The first kappa shape index (κ1) is 26.2. The van der Waals surface area contributed by atoms with Gasteiger partial charge in [-0.3, -0.25) is 0 Å². The monoisotopic (exact) mass is 493 g/mol. The molecular weight excluding hydrogens is 468 g/mol. The molecule has 35 heavy (non-hydrogen) atoms. The molecule has 0 bridgehead atoms.